The first-order valence-corrected chi connectivity index (χ1v) is 13.3. The molecule has 178 valence electrons. The zero-order valence-electron chi connectivity index (χ0n) is 19.3. The van der Waals surface area contributed by atoms with Gasteiger partial charge in [0, 0.05) is 60.9 Å². The third kappa shape index (κ3) is 3.81. The number of urea groups is 1. The standard InChI is InChI=1S/C24H28N6O3S/c1-3-26-23(31)29-10-8-24(15-29)9-11-30-21(24)13-20(28-30)17-12-19(22(25)27-14-17)16-4-6-18(7-5-16)34(2,32)33/h4-7,12-14H,3,8-11,15H2,1-2H3,(H2,25,27)(H,26,31)/t24-/m1/s1. The molecule has 1 spiro atoms. The number of sulfone groups is 1. The smallest absolute Gasteiger partial charge is 0.317 e. The molecule has 3 aromatic rings. The summed E-state index contributed by atoms with van der Waals surface area (Å²) in [5.74, 6) is 0.368. The monoisotopic (exact) mass is 480 g/mol. The molecule has 0 saturated carbocycles. The van der Waals surface area contributed by atoms with Gasteiger partial charge < -0.3 is 16.0 Å². The first kappa shape index (κ1) is 22.4. The number of rotatable bonds is 4. The minimum atomic E-state index is -3.27. The molecule has 1 fully saturated rings. The highest BCUT2D eigenvalue weighted by Crippen LogP contribution is 2.44. The molecule has 1 aromatic carbocycles. The van der Waals surface area contributed by atoms with Crippen molar-refractivity contribution < 1.29 is 13.2 Å². The lowest BCUT2D eigenvalue weighted by molar-refractivity contribution is 0.206. The topological polar surface area (TPSA) is 123 Å². The number of anilines is 1. The highest BCUT2D eigenvalue weighted by molar-refractivity contribution is 7.90. The Hall–Kier alpha value is -3.40. The Morgan fingerprint density at radius 3 is 2.59 bits per heavy atom. The molecule has 3 N–H and O–H groups in total. The lowest BCUT2D eigenvalue weighted by atomic mass is 9.82. The summed E-state index contributed by atoms with van der Waals surface area (Å²) in [7, 11) is -3.27. The van der Waals surface area contributed by atoms with Crippen molar-refractivity contribution in [2.75, 3.05) is 31.6 Å². The lowest BCUT2D eigenvalue weighted by Crippen LogP contribution is -2.40. The minimum absolute atomic E-state index is 0.00756. The average molecular weight is 481 g/mol. The van der Waals surface area contributed by atoms with E-state index in [1.807, 2.05) is 22.6 Å². The molecule has 4 heterocycles. The number of aryl methyl sites for hydroxylation is 1. The van der Waals surface area contributed by atoms with E-state index in [0.717, 1.165) is 54.0 Å². The van der Waals surface area contributed by atoms with Gasteiger partial charge >= 0.3 is 6.03 Å². The number of nitrogens with two attached hydrogens (primary N) is 1. The Balaban J connectivity index is 1.45. The number of aromatic nitrogens is 3. The zero-order valence-corrected chi connectivity index (χ0v) is 20.1. The second-order valence-corrected chi connectivity index (χ2v) is 11.1. The number of hydrogen-bond acceptors (Lipinski definition) is 6. The Morgan fingerprint density at radius 1 is 1.15 bits per heavy atom. The van der Waals surface area contributed by atoms with Crippen molar-refractivity contribution in [1.82, 2.24) is 25.0 Å². The number of likely N-dealkylation sites (tertiary alicyclic amines) is 1. The molecule has 0 unspecified atom stereocenters. The number of hydrogen-bond donors (Lipinski definition) is 2. The number of amides is 2. The first-order valence-electron chi connectivity index (χ1n) is 11.4. The van der Waals surface area contributed by atoms with Crippen LogP contribution in [-0.4, -0.2) is 60.0 Å². The molecular weight excluding hydrogens is 452 g/mol. The van der Waals surface area contributed by atoms with Gasteiger partial charge in [-0.2, -0.15) is 5.10 Å². The minimum Gasteiger partial charge on any atom is -0.383 e. The second kappa shape index (κ2) is 8.12. The van der Waals surface area contributed by atoms with Crippen LogP contribution in [0.5, 0.6) is 0 Å². The number of nitrogen functional groups attached to an aromatic ring is 1. The van der Waals surface area contributed by atoms with E-state index in [1.54, 1.807) is 30.5 Å². The Morgan fingerprint density at radius 2 is 1.88 bits per heavy atom. The SMILES string of the molecule is CCNC(=O)N1CC[C@@]2(CCn3nc(-c4cnc(N)c(-c5ccc(S(C)(=O)=O)cc5)c4)cc32)C1. The summed E-state index contributed by atoms with van der Waals surface area (Å²) >= 11 is 0. The lowest BCUT2D eigenvalue weighted by Gasteiger charge is -2.23. The van der Waals surface area contributed by atoms with Gasteiger partial charge in [0.1, 0.15) is 5.82 Å². The van der Waals surface area contributed by atoms with E-state index in [2.05, 4.69) is 16.4 Å². The zero-order chi connectivity index (χ0) is 24.1. The third-order valence-electron chi connectivity index (χ3n) is 6.90. The van der Waals surface area contributed by atoms with Crippen LogP contribution < -0.4 is 11.1 Å². The summed E-state index contributed by atoms with van der Waals surface area (Å²) < 4.78 is 25.6. The summed E-state index contributed by atoms with van der Waals surface area (Å²) in [5, 5.41) is 7.73. The van der Waals surface area contributed by atoms with Crippen LogP contribution in [0.25, 0.3) is 22.4 Å². The Kier molecular flexibility index (Phi) is 5.35. The molecule has 10 heteroatoms. The van der Waals surface area contributed by atoms with Crippen molar-refractivity contribution in [2.45, 2.75) is 36.6 Å². The van der Waals surface area contributed by atoms with Gasteiger partial charge in [0.2, 0.25) is 0 Å². The van der Waals surface area contributed by atoms with Gasteiger partial charge in [-0.3, -0.25) is 4.68 Å². The highest BCUT2D eigenvalue weighted by Gasteiger charge is 2.46. The number of benzene rings is 1. The molecule has 0 radical (unpaired) electrons. The van der Waals surface area contributed by atoms with Crippen LogP contribution in [0.3, 0.4) is 0 Å². The Bertz CT molecular complexity index is 1370. The van der Waals surface area contributed by atoms with Crippen molar-refractivity contribution in [2.24, 2.45) is 0 Å². The molecule has 2 aliphatic rings. The predicted octanol–water partition coefficient (Wildman–Crippen LogP) is 2.67. The maximum Gasteiger partial charge on any atom is 0.317 e. The van der Waals surface area contributed by atoms with E-state index in [4.69, 9.17) is 10.8 Å². The van der Waals surface area contributed by atoms with Crippen LogP contribution in [-0.2, 0) is 21.8 Å². The molecule has 1 saturated heterocycles. The molecular formula is C24H28N6O3S. The van der Waals surface area contributed by atoms with E-state index < -0.39 is 9.84 Å². The molecule has 5 rings (SSSR count). The van der Waals surface area contributed by atoms with Gasteiger partial charge in [-0.1, -0.05) is 12.1 Å². The van der Waals surface area contributed by atoms with Gasteiger partial charge in [-0.15, -0.1) is 0 Å². The average Bonchev–Trinajstić information content (AvgIpc) is 3.51. The normalized spacial score (nSPS) is 19.5. The van der Waals surface area contributed by atoms with E-state index in [0.29, 0.717) is 18.9 Å². The Labute approximate surface area is 198 Å². The molecule has 0 aliphatic carbocycles. The van der Waals surface area contributed by atoms with Crippen LogP contribution in [0.1, 0.15) is 25.5 Å². The third-order valence-corrected chi connectivity index (χ3v) is 8.03. The van der Waals surface area contributed by atoms with Crippen LogP contribution in [0.15, 0.2) is 47.5 Å². The molecule has 2 amide bonds. The van der Waals surface area contributed by atoms with Gasteiger partial charge in [0.15, 0.2) is 9.84 Å². The van der Waals surface area contributed by atoms with Gasteiger partial charge in [-0.05, 0) is 49.6 Å². The highest BCUT2D eigenvalue weighted by atomic mass is 32.2. The summed E-state index contributed by atoms with van der Waals surface area (Å²) in [6.07, 6.45) is 4.80. The molecule has 34 heavy (non-hydrogen) atoms. The summed E-state index contributed by atoms with van der Waals surface area (Å²) in [6, 6.07) is 10.7. The van der Waals surface area contributed by atoms with Crippen LogP contribution >= 0.6 is 0 Å². The number of carbonyl (C=O) groups is 1. The molecule has 2 aromatic heterocycles. The number of pyridine rings is 1. The fourth-order valence-electron chi connectivity index (χ4n) is 5.05. The van der Waals surface area contributed by atoms with Crippen LogP contribution in [0.4, 0.5) is 10.6 Å². The van der Waals surface area contributed by atoms with E-state index in [-0.39, 0.29) is 16.3 Å². The first-order chi connectivity index (χ1) is 16.2. The molecule has 9 nitrogen and oxygen atoms in total. The van der Waals surface area contributed by atoms with Crippen molar-refractivity contribution in [3.8, 4) is 22.4 Å². The maximum atomic E-state index is 12.3. The molecule has 2 aliphatic heterocycles. The van der Waals surface area contributed by atoms with E-state index in [9.17, 15) is 13.2 Å². The fourth-order valence-corrected chi connectivity index (χ4v) is 5.68. The molecule has 0 bridgehead atoms. The van der Waals surface area contributed by atoms with Crippen molar-refractivity contribution in [3.05, 3.63) is 48.3 Å². The van der Waals surface area contributed by atoms with Crippen LogP contribution in [0, 0.1) is 0 Å². The largest absolute Gasteiger partial charge is 0.383 e. The van der Waals surface area contributed by atoms with Gasteiger partial charge in [-0.25, -0.2) is 18.2 Å². The van der Waals surface area contributed by atoms with E-state index in [1.165, 1.54) is 6.26 Å². The maximum absolute atomic E-state index is 12.3. The predicted molar refractivity (Wildman–Crippen MR) is 130 cm³/mol. The van der Waals surface area contributed by atoms with Crippen molar-refractivity contribution >= 4 is 21.7 Å². The van der Waals surface area contributed by atoms with Crippen molar-refractivity contribution in [3.63, 3.8) is 0 Å². The quantitative estimate of drug-likeness (QED) is 0.592. The van der Waals surface area contributed by atoms with Crippen LogP contribution in [0.2, 0.25) is 0 Å². The van der Waals surface area contributed by atoms with Gasteiger partial charge in [0.05, 0.1) is 10.6 Å². The fraction of sp³-hybridized carbons (Fsp3) is 0.375. The molecule has 1 atom stereocenters. The summed E-state index contributed by atoms with van der Waals surface area (Å²) in [4.78, 5) is 18.9. The summed E-state index contributed by atoms with van der Waals surface area (Å²) in [5.41, 5.74) is 10.4. The number of carbonyl (C=O) groups excluding carboxylic acids is 1. The van der Waals surface area contributed by atoms with Crippen molar-refractivity contribution in [1.29, 1.82) is 0 Å². The number of nitrogens with zero attached hydrogens (tertiary/aromatic N) is 4. The van der Waals surface area contributed by atoms with Gasteiger partial charge in [0.25, 0.3) is 0 Å². The summed E-state index contributed by atoms with van der Waals surface area (Å²) in [6.45, 7) is 4.80. The number of nitrogens with one attached hydrogen (secondary N) is 1. The second-order valence-electron chi connectivity index (χ2n) is 9.13. The van der Waals surface area contributed by atoms with E-state index >= 15 is 0 Å². The number of fused-ring (bicyclic) bond motifs is 2.